The number of fused-ring (bicyclic) bond motifs is 1. The molecule has 0 radical (unpaired) electrons. The molecule has 0 aliphatic heterocycles. The first-order valence-corrected chi connectivity index (χ1v) is 6.91. The third-order valence-corrected chi connectivity index (χ3v) is 4.38. The van der Waals surface area contributed by atoms with Crippen LogP contribution in [-0.2, 0) is 18.4 Å². The number of benzene rings is 2. The van der Waals surface area contributed by atoms with Crippen molar-refractivity contribution in [1.29, 1.82) is 0 Å². The highest BCUT2D eigenvalue weighted by Gasteiger charge is 2.37. The monoisotopic (exact) mass is 291 g/mol. The lowest BCUT2D eigenvalue weighted by Crippen LogP contribution is -2.25. The van der Waals surface area contributed by atoms with E-state index in [-0.39, 0.29) is 5.02 Å². The summed E-state index contributed by atoms with van der Waals surface area (Å²) in [6.45, 7) is 0. The van der Waals surface area contributed by atoms with Crippen molar-refractivity contribution < 1.29 is 9.50 Å². The molecule has 0 bridgehead atoms. The summed E-state index contributed by atoms with van der Waals surface area (Å²) in [5.41, 5.74) is 8.00. The molecule has 104 valence electrons. The van der Waals surface area contributed by atoms with E-state index in [1.807, 2.05) is 12.1 Å². The molecule has 0 aromatic heterocycles. The van der Waals surface area contributed by atoms with E-state index >= 15 is 0 Å². The van der Waals surface area contributed by atoms with Crippen molar-refractivity contribution in [3.05, 3.63) is 63.9 Å². The van der Waals surface area contributed by atoms with Crippen LogP contribution >= 0.6 is 11.6 Å². The molecule has 4 heteroatoms. The molecule has 2 nitrogen and oxygen atoms in total. The first-order valence-electron chi connectivity index (χ1n) is 6.54. The van der Waals surface area contributed by atoms with Gasteiger partial charge in [-0.05, 0) is 47.7 Å². The van der Waals surface area contributed by atoms with E-state index in [4.69, 9.17) is 17.3 Å². The van der Waals surface area contributed by atoms with Gasteiger partial charge in [-0.15, -0.1) is 0 Å². The molecule has 2 aromatic carbocycles. The summed E-state index contributed by atoms with van der Waals surface area (Å²) in [7, 11) is 0. The summed E-state index contributed by atoms with van der Waals surface area (Å²) in [4.78, 5) is 0. The van der Waals surface area contributed by atoms with Gasteiger partial charge in [-0.2, -0.15) is 0 Å². The maximum Gasteiger partial charge on any atom is 0.142 e. The normalized spacial score (nSPS) is 20.9. The molecule has 0 amide bonds. The van der Waals surface area contributed by atoms with Gasteiger partial charge in [0.05, 0.1) is 10.6 Å². The summed E-state index contributed by atoms with van der Waals surface area (Å²) in [5, 5.41) is 11.0. The average molecular weight is 292 g/mol. The van der Waals surface area contributed by atoms with Crippen molar-refractivity contribution in [2.75, 3.05) is 5.73 Å². The van der Waals surface area contributed by atoms with Crippen molar-refractivity contribution in [3.63, 3.8) is 0 Å². The fraction of sp³-hybridized carbons (Fsp3) is 0.250. The summed E-state index contributed by atoms with van der Waals surface area (Å²) < 4.78 is 13.5. The molecule has 1 aliphatic carbocycles. The van der Waals surface area contributed by atoms with Gasteiger partial charge in [-0.25, -0.2) is 4.39 Å². The molecule has 3 rings (SSSR count). The molecule has 0 saturated heterocycles. The van der Waals surface area contributed by atoms with Gasteiger partial charge in [0.2, 0.25) is 0 Å². The lowest BCUT2D eigenvalue weighted by molar-refractivity contribution is 0.0389. The Balaban J connectivity index is 1.98. The lowest BCUT2D eigenvalue weighted by Gasteiger charge is -2.25. The van der Waals surface area contributed by atoms with Gasteiger partial charge in [-0.1, -0.05) is 29.8 Å². The second-order valence-corrected chi connectivity index (χ2v) is 5.72. The van der Waals surface area contributed by atoms with E-state index in [1.54, 1.807) is 18.2 Å². The Hall–Kier alpha value is -1.58. The van der Waals surface area contributed by atoms with Crippen LogP contribution in [0.3, 0.4) is 0 Å². The number of nitrogens with two attached hydrogens (primary N) is 1. The lowest BCUT2D eigenvalue weighted by atomic mass is 9.88. The number of nitrogen functional groups attached to an aromatic ring is 1. The third kappa shape index (κ3) is 2.17. The van der Waals surface area contributed by atoms with Gasteiger partial charge in [0.1, 0.15) is 5.82 Å². The third-order valence-electron chi connectivity index (χ3n) is 3.95. The topological polar surface area (TPSA) is 46.2 Å². The molecule has 3 N–H and O–H groups in total. The average Bonchev–Trinajstić information content (AvgIpc) is 2.72. The molecule has 2 aromatic rings. The predicted molar refractivity (Wildman–Crippen MR) is 78.2 cm³/mol. The minimum Gasteiger partial charge on any atom is -0.399 e. The van der Waals surface area contributed by atoms with Crippen LogP contribution in [0.25, 0.3) is 0 Å². The van der Waals surface area contributed by atoms with Crippen LogP contribution in [0.5, 0.6) is 0 Å². The standard InChI is InChI=1S/C16H15ClFNO/c17-15-11(2-1-3-14(15)18)9-16(20)7-6-10-8-12(19)4-5-13(10)16/h1-5,8,20H,6-7,9,19H2. The smallest absolute Gasteiger partial charge is 0.142 e. The molecule has 0 saturated carbocycles. The molecule has 0 spiro atoms. The second kappa shape index (κ2) is 4.76. The predicted octanol–water partition coefficient (Wildman–Crippen LogP) is 3.44. The quantitative estimate of drug-likeness (QED) is 0.833. The Kier molecular flexibility index (Phi) is 3.19. The van der Waals surface area contributed by atoms with Gasteiger partial charge < -0.3 is 10.8 Å². The Morgan fingerprint density at radius 1 is 1.30 bits per heavy atom. The van der Waals surface area contributed by atoms with Crippen molar-refractivity contribution in [1.82, 2.24) is 0 Å². The van der Waals surface area contributed by atoms with Crippen LogP contribution in [0.1, 0.15) is 23.1 Å². The van der Waals surface area contributed by atoms with E-state index in [0.29, 0.717) is 24.1 Å². The molecule has 0 heterocycles. The summed E-state index contributed by atoms with van der Waals surface area (Å²) in [6, 6.07) is 10.2. The fourth-order valence-electron chi connectivity index (χ4n) is 2.93. The number of halogens is 2. The molecular formula is C16H15ClFNO. The van der Waals surface area contributed by atoms with Gasteiger partial charge >= 0.3 is 0 Å². The highest BCUT2D eigenvalue weighted by Crippen LogP contribution is 2.41. The van der Waals surface area contributed by atoms with E-state index < -0.39 is 11.4 Å². The zero-order valence-electron chi connectivity index (χ0n) is 10.9. The number of anilines is 1. The van der Waals surface area contributed by atoms with E-state index in [2.05, 4.69) is 0 Å². The zero-order chi connectivity index (χ0) is 14.3. The van der Waals surface area contributed by atoms with Crippen LogP contribution in [0.2, 0.25) is 5.02 Å². The largest absolute Gasteiger partial charge is 0.399 e. The van der Waals surface area contributed by atoms with Gasteiger partial charge in [0, 0.05) is 12.1 Å². The molecule has 1 unspecified atom stereocenters. The van der Waals surface area contributed by atoms with E-state index in [9.17, 15) is 9.50 Å². The number of hydrogen-bond donors (Lipinski definition) is 2. The maximum atomic E-state index is 13.5. The van der Waals surface area contributed by atoms with Crippen LogP contribution in [0.4, 0.5) is 10.1 Å². The van der Waals surface area contributed by atoms with Gasteiger partial charge in [-0.3, -0.25) is 0 Å². The number of rotatable bonds is 2. The number of aryl methyl sites for hydroxylation is 1. The Morgan fingerprint density at radius 3 is 2.90 bits per heavy atom. The van der Waals surface area contributed by atoms with Crippen LogP contribution in [0.15, 0.2) is 36.4 Å². The molecule has 1 atom stereocenters. The van der Waals surface area contributed by atoms with Crippen molar-refractivity contribution in [2.24, 2.45) is 0 Å². The number of hydrogen-bond acceptors (Lipinski definition) is 2. The minimum atomic E-state index is -1.000. The van der Waals surface area contributed by atoms with Crippen LogP contribution in [-0.4, -0.2) is 5.11 Å². The molecule has 0 fully saturated rings. The van der Waals surface area contributed by atoms with Crippen molar-refractivity contribution >= 4 is 17.3 Å². The Bertz CT molecular complexity index is 674. The van der Waals surface area contributed by atoms with Crippen molar-refractivity contribution in [2.45, 2.75) is 24.9 Å². The molecule has 20 heavy (non-hydrogen) atoms. The zero-order valence-corrected chi connectivity index (χ0v) is 11.6. The maximum absolute atomic E-state index is 13.5. The highest BCUT2D eigenvalue weighted by atomic mass is 35.5. The molecular weight excluding hydrogens is 277 g/mol. The minimum absolute atomic E-state index is 0.0878. The summed E-state index contributed by atoms with van der Waals surface area (Å²) >= 11 is 5.98. The van der Waals surface area contributed by atoms with Crippen LogP contribution < -0.4 is 5.73 Å². The SMILES string of the molecule is Nc1ccc2c(c1)CCC2(O)Cc1cccc(F)c1Cl. The summed E-state index contributed by atoms with van der Waals surface area (Å²) in [5.74, 6) is -0.455. The highest BCUT2D eigenvalue weighted by molar-refractivity contribution is 6.31. The van der Waals surface area contributed by atoms with Crippen LogP contribution in [0, 0.1) is 5.82 Å². The van der Waals surface area contributed by atoms with E-state index in [1.165, 1.54) is 6.07 Å². The summed E-state index contributed by atoms with van der Waals surface area (Å²) in [6.07, 6.45) is 1.67. The number of aliphatic hydroxyl groups is 1. The van der Waals surface area contributed by atoms with Crippen molar-refractivity contribution in [3.8, 4) is 0 Å². The first kappa shape index (κ1) is 13.4. The molecule has 1 aliphatic rings. The Morgan fingerprint density at radius 2 is 2.10 bits per heavy atom. The first-order chi connectivity index (χ1) is 9.49. The van der Waals surface area contributed by atoms with E-state index in [0.717, 1.165) is 17.5 Å². The Labute approximate surface area is 122 Å². The fourth-order valence-corrected chi connectivity index (χ4v) is 3.13. The second-order valence-electron chi connectivity index (χ2n) is 5.34. The van der Waals surface area contributed by atoms with Gasteiger partial charge in [0.15, 0.2) is 0 Å². The van der Waals surface area contributed by atoms with Gasteiger partial charge in [0.25, 0.3) is 0 Å².